The average Bonchev–Trinajstić information content (AvgIpc) is 3.37. The summed E-state index contributed by atoms with van der Waals surface area (Å²) in [5, 5.41) is 4.91. The van der Waals surface area contributed by atoms with Crippen LogP contribution in [-0.2, 0) is 11.2 Å². The smallest absolute Gasteiger partial charge is 0.244 e. The van der Waals surface area contributed by atoms with Crippen molar-refractivity contribution in [3.05, 3.63) is 57.8 Å². The number of nitrogens with zero attached hydrogens (tertiary/aromatic N) is 1. The standard InChI is InChI=1S/C20H20BrN3O3S/c1-26-16-11-13(10-14(21)20(16)27-2)5-6-18(25)22-8-7-15-19(24-12-23-15)17-4-3-9-28-17/h3-6,9-12H,7-8H2,1-2H3,(H,22,25)(H,23,24)/b6-5+. The molecule has 0 saturated heterocycles. The Bertz CT molecular complexity index is 967. The van der Waals surface area contributed by atoms with Gasteiger partial charge in [-0.25, -0.2) is 4.98 Å². The third-order valence-electron chi connectivity index (χ3n) is 4.03. The van der Waals surface area contributed by atoms with Crippen LogP contribution < -0.4 is 14.8 Å². The van der Waals surface area contributed by atoms with Crippen LogP contribution in [0.1, 0.15) is 11.3 Å². The molecule has 0 unspecified atom stereocenters. The molecule has 0 radical (unpaired) electrons. The number of imidazole rings is 1. The molecule has 8 heteroatoms. The third-order valence-corrected chi connectivity index (χ3v) is 5.50. The molecule has 0 bridgehead atoms. The maximum absolute atomic E-state index is 12.1. The lowest BCUT2D eigenvalue weighted by atomic mass is 10.2. The van der Waals surface area contributed by atoms with E-state index >= 15 is 0 Å². The van der Waals surface area contributed by atoms with Crippen molar-refractivity contribution in [3.63, 3.8) is 0 Å². The summed E-state index contributed by atoms with van der Waals surface area (Å²) >= 11 is 5.09. The number of hydrogen-bond acceptors (Lipinski definition) is 5. The van der Waals surface area contributed by atoms with Gasteiger partial charge in [-0.3, -0.25) is 4.79 Å². The Labute approximate surface area is 175 Å². The van der Waals surface area contributed by atoms with E-state index in [0.717, 1.165) is 26.3 Å². The number of carbonyl (C=O) groups excluding carboxylic acids is 1. The molecule has 0 fully saturated rings. The van der Waals surface area contributed by atoms with Crippen LogP contribution in [0.5, 0.6) is 11.5 Å². The molecule has 0 saturated carbocycles. The first kappa shape index (κ1) is 20.2. The minimum Gasteiger partial charge on any atom is -0.493 e. The molecule has 2 heterocycles. The van der Waals surface area contributed by atoms with Gasteiger partial charge in [-0.2, -0.15) is 0 Å². The van der Waals surface area contributed by atoms with E-state index < -0.39 is 0 Å². The number of aromatic amines is 1. The quantitative estimate of drug-likeness (QED) is 0.490. The van der Waals surface area contributed by atoms with Gasteiger partial charge in [0.15, 0.2) is 11.5 Å². The van der Waals surface area contributed by atoms with Crippen LogP contribution in [-0.4, -0.2) is 36.6 Å². The maximum Gasteiger partial charge on any atom is 0.244 e. The molecule has 0 aliphatic heterocycles. The van der Waals surface area contributed by atoms with Gasteiger partial charge in [0.2, 0.25) is 5.91 Å². The Morgan fingerprint density at radius 3 is 2.93 bits per heavy atom. The first-order chi connectivity index (χ1) is 13.6. The maximum atomic E-state index is 12.1. The molecular weight excluding hydrogens is 442 g/mol. The highest BCUT2D eigenvalue weighted by atomic mass is 79.9. The number of aromatic nitrogens is 2. The molecule has 2 aromatic heterocycles. The van der Waals surface area contributed by atoms with Gasteiger partial charge >= 0.3 is 0 Å². The van der Waals surface area contributed by atoms with Crippen LogP contribution in [0, 0.1) is 0 Å². The second kappa shape index (κ2) is 9.57. The van der Waals surface area contributed by atoms with E-state index in [2.05, 4.69) is 31.2 Å². The first-order valence-electron chi connectivity index (χ1n) is 8.56. The zero-order valence-corrected chi connectivity index (χ0v) is 17.9. The van der Waals surface area contributed by atoms with E-state index in [1.807, 2.05) is 29.6 Å². The monoisotopic (exact) mass is 461 g/mol. The first-order valence-corrected chi connectivity index (χ1v) is 10.2. The summed E-state index contributed by atoms with van der Waals surface area (Å²) in [6.07, 6.45) is 5.59. The van der Waals surface area contributed by atoms with E-state index in [-0.39, 0.29) is 5.91 Å². The molecule has 2 N–H and O–H groups in total. The van der Waals surface area contributed by atoms with E-state index in [1.165, 1.54) is 6.08 Å². The topological polar surface area (TPSA) is 76.2 Å². The van der Waals surface area contributed by atoms with Gasteiger partial charge in [-0.05, 0) is 51.1 Å². The van der Waals surface area contributed by atoms with Gasteiger partial charge in [0.05, 0.1) is 29.9 Å². The molecule has 0 aliphatic rings. The highest BCUT2D eigenvalue weighted by Gasteiger charge is 2.10. The Morgan fingerprint density at radius 2 is 2.21 bits per heavy atom. The number of amides is 1. The number of ether oxygens (including phenoxy) is 2. The predicted octanol–water partition coefficient (Wildman–Crippen LogP) is 4.29. The van der Waals surface area contributed by atoms with Gasteiger partial charge in [0, 0.05) is 24.7 Å². The molecule has 3 rings (SSSR count). The van der Waals surface area contributed by atoms with Gasteiger partial charge in [-0.15, -0.1) is 11.3 Å². The van der Waals surface area contributed by atoms with Crippen molar-refractivity contribution in [3.8, 4) is 22.1 Å². The van der Waals surface area contributed by atoms with Gasteiger partial charge < -0.3 is 19.8 Å². The SMILES string of the molecule is COc1cc(/C=C/C(=O)NCCc2[nH]cnc2-c2cccs2)cc(Br)c1OC. The Balaban J connectivity index is 1.57. The molecule has 146 valence electrons. The summed E-state index contributed by atoms with van der Waals surface area (Å²) in [5.74, 6) is 1.05. The minimum absolute atomic E-state index is 0.164. The molecule has 0 atom stereocenters. The number of nitrogens with one attached hydrogen (secondary N) is 2. The molecule has 1 aromatic carbocycles. The van der Waals surface area contributed by atoms with Crippen LogP contribution in [0.15, 0.2) is 46.5 Å². The summed E-state index contributed by atoms with van der Waals surface area (Å²) in [4.78, 5) is 20.8. The second-order valence-corrected chi connectivity index (χ2v) is 7.62. The summed E-state index contributed by atoms with van der Waals surface area (Å²) in [6, 6.07) is 7.71. The number of H-pyrrole nitrogens is 1. The fraction of sp³-hybridized carbons (Fsp3) is 0.200. The normalized spacial score (nSPS) is 11.0. The number of hydrogen-bond donors (Lipinski definition) is 2. The van der Waals surface area contributed by atoms with Gasteiger partial charge in [0.25, 0.3) is 0 Å². The number of benzene rings is 1. The number of halogens is 1. The molecule has 0 aliphatic carbocycles. The van der Waals surface area contributed by atoms with Crippen molar-refractivity contribution in [2.75, 3.05) is 20.8 Å². The molecule has 1 amide bonds. The van der Waals surface area contributed by atoms with Gasteiger partial charge in [0.1, 0.15) is 5.69 Å². The number of rotatable bonds is 8. The predicted molar refractivity (Wildman–Crippen MR) is 115 cm³/mol. The lowest BCUT2D eigenvalue weighted by molar-refractivity contribution is -0.116. The Hall–Kier alpha value is -2.58. The molecule has 28 heavy (non-hydrogen) atoms. The zero-order valence-electron chi connectivity index (χ0n) is 15.5. The summed E-state index contributed by atoms with van der Waals surface area (Å²) in [7, 11) is 3.15. The largest absolute Gasteiger partial charge is 0.493 e. The summed E-state index contributed by atoms with van der Waals surface area (Å²) in [5.41, 5.74) is 2.78. The zero-order chi connectivity index (χ0) is 19.9. The lowest BCUT2D eigenvalue weighted by Crippen LogP contribution is -2.23. The Kier molecular flexibility index (Phi) is 6.89. The van der Waals surface area contributed by atoms with Crippen molar-refractivity contribution in [2.24, 2.45) is 0 Å². The Morgan fingerprint density at radius 1 is 1.36 bits per heavy atom. The lowest BCUT2D eigenvalue weighted by Gasteiger charge is -2.10. The fourth-order valence-electron chi connectivity index (χ4n) is 2.71. The van der Waals surface area contributed by atoms with Crippen LogP contribution in [0.25, 0.3) is 16.6 Å². The fourth-order valence-corrected chi connectivity index (χ4v) is 4.08. The van der Waals surface area contributed by atoms with Crippen LogP contribution >= 0.6 is 27.3 Å². The second-order valence-electron chi connectivity index (χ2n) is 5.82. The number of carbonyl (C=O) groups is 1. The van der Waals surface area contributed by atoms with Gasteiger partial charge in [-0.1, -0.05) is 6.07 Å². The number of thiophene rings is 1. The van der Waals surface area contributed by atoms with Crippen molar-refractivity contribution < 1.29 is 14.3 Å². The summed E-state index contributed by atoms with van der Waals surface area (Å²) in [6.45, 7) is 0.513. The third kappa shape index (κ3) is 4.82. The van der Waals surface area contributed by atoms with E-state index in [4.69, 9.17) is 9.47 Å². The highest BCUT2D eigenvalue weighted by Crippen LogP contribution is 2.36. The van der Waals surface area contributed by atoms with Crippen LogP contribution in [0.2, 0.25) is 0 Å². The molecular formula is C20H20BrN3O3S. The van der Waals surface area contributed by atoms with Crippen molar-refractivity contribution in [2.45, 2.75) is 6.42 Å². The minimum atomic E-state index is -0.164. The van der Waals surface area contributed by atoms with Crippen molar-refractivity contribution >= 4 is 39.2 Å². The molecule has 3 aromatic rings. The highest BCUT2D eigenvalue weighted by molar-refractivity contribution is 9.10. The molecule has 6 nitrogen and oxygen atoms in total. The van der Waals surface area contributed by atoms with Crippen LogP contribution in [0.3, 0.4) is 0 Å². The average molecular weight is 462 g/mol. The van der Waals surface area contributed by atoms with Crippen LogP contribution in [0.4, 0.5) is 0 Å². The summed E-state index contributed by atoms with van der Waals surface area (Å²) < 4.78 is 11.4. The van der Waals surface area contributed by atoms with Crippen molar-refractivity contribution in [1.82, 2.24) is 15.3 Å². The van der Waals surface area contributed by atoms with E-state index in [0.29, 0.717) is 24.5 Å². The van der Waals surface area contributed by atoms with E-state index in [1.54, 1.807) is 38.0 Å². The number of methoxy groups -OCH3 is 2. The van der Waals surface area contributed by atoms with Crippen molar-refractivity contribution in [1.29, 1.82) is 0 Å². The van der Waals surface area contributed by atoms with E-state index in [9.17, 15) is 4.79 Å². The molecule has 0 spiro atoms.